The lowest BCUT2D eigenvalue weighted by Crippen LogP contribution is -2.08. The third kappa shape index (κ3) is 3.05. The van der Waals surface area contributed by atoms with E-state index in [0.29, 0.717) is 5.13 Å². The monoisotopic (exact) mass is 310 g/mol. The summed E-state index contributed by atoms with van der Waals surface area (Å²) >= 11 is 2.72. The number of carboxylic acids is 1. The van der Waals surface area contributed by atoms with Crippen LogP contribution in [0.1, 0.15) is 51.3 Å². The van der Waals surface area contributed by atoms with E-state index in [9.17, 15) is 9.59 Å². The van der Waals surface area contributed by atoms with Gasteiger partial charge in [0, 0.05) is 11.8 Å². The number of carboxylic acid groups (broad SMARTS) is 1. The van der Waals surface area contributed by atoms with Gasteiger partial charge in [0.2, 0.25) is 0 Å². The van der Waals surface area contributed by atoms with Crippen LogP contribution in [0.15, 0.2) is 17.5 Å². The Hall–Kier alpha value is -1.73. The first-order valence-corrected chi connectivity index (χ1v) is 7.77. The van der Waals surface area contributed by atoms with Gasteiger partial charge in [-0.3, -0.25) is 4.79 Å². The summed E-state index contributed by atoms with van der Waals surface area (Å²) in [6.45, 7) is 3.38. The van der Waals surface area contributed by atoms with E-state index in [0.717, 1.165) is 22.6 Å². The lowest BCUT2D eigenvalue weighted by atomic mass is 10.2. The van der Waals surface area contributed by atoms with Gasteiger partial charge in [0.15, 0.2) is 16.6 Å². The smallest absolute Gasteiger partial charge is 0.356 e. The molecule has 0 aliphatic rings. The molecule has 5 nitrogen and oxygen atoms in total. The maximum Gasteiger partial charge on any atom is 0.356 e. The molecular formula is C13H14N2O3S2. The summed E-state index contributed by atoms with van der Waals surface area (Å²) in [5, 5.41) is 14.7. The fourth-order valence-electron chi connectivity index (χ4n) is 1.78. The Morgan fingerprint density at radius 2 is 2.25 bits per heavy atom. The van der Waals surface area contributed by atoms with Crippen LogP contribution in [0.2, 0.25) is 0 Å². The van der Waals surface area contributed by atoms with Gasteiger partial charge in [0.05, 0.1) is 6.04 Å². The Balaban J connectivity index is 2.27. The molecule has 20 heavy (non-hydrogen) atoms. The summed E-state index contributed by atoms with van der Waals surface area (Å²) in [7, 11) is 0. The summed E-state index contributed by atoms with van der Waals surface area (Å²) in [5.41, 5.74) is -0.175. The van der Waals surface area contributed by atoms with Crippen LogP contribution in [-0.2, 0) is 0 Å². The number of carbonyl (C=O) groups is 2. The van der Waals surface area contributed by atoms with Crippen molar-refractivity contribution in [2.75, 3.05) is 5.32 Å². The maximum absolute atomic E-state index is 11.4. The van der Waals surface area contributed by atoms with Gasteiger partial charge < -0.3 is 10.4 Å². The highest BCUT2D eigenvalue weighted by molar-refractivity contribution is 7.17. The third-order valence-corrected chi connectivity index (χ3v) is 4.82. The number of aromatic nitrogens is 1. The van der Waals surface area contributed by atoms with E-state index in [2.05, 4.69) is 10.3 Å². The molecule has 0 saturated heterocycles. The molecule has 2 N–H and O–H groups in total. The largest absolute Gasteiger partial charge is 0.476 e. The number of anilines is 1. The average Bonchev–Trinajstić information content (AvgIpc) is 3.05. The molecule has 0 aliphatic heterocycles. The van der Waals surface area contributed by atoms with Crippen LogP contribution in [0.3, 0.4) is 0 Å². The molecule has 0 radical (unpaired) electrons. The number of thiophene rings is 1. The number of nitrogens with zero attached hydrogens (tertiary/aromatic N) is 1. The maximum atomic E-state index is 11.4. The Bertz CT molecular complexity index is 588. The number of thiazole rings is 1. The van der Waals surface area contributed by atoms with Gasteiger partial charge in [-0.05, 0) is 17.9 Å². The molecule has 0 aliphatic carbocycles. The van der Waals surface area contributed by atoms with Crippen molar-refractivity contribution < 1.29 is 14.7 Å². The molecular weight excluding hydrogens is 296 g/mol. The number of hydrogen-bond acceptors (Lipinski definition) is 6. The van der Waals surface area contributed by atoms with E-state index < -0.39 is 5.97 Å². The van der Waals surface area contributed by atoms with Crippen LogP contribution in [-0.4, -0.2) is 21.8 Å². The molecule has 0 amide bonds. The van der Waals surface area contributed by atoms with Gasteiger partial charge in [-0.1, -0.05) is 24.3 Å². The Labute approximate surface area is 124 Å². The van der Waals surface area contributed by atoms with Gasteiger partial charge in [0.1, 0.15) is 4.88 Å². The summed E-state index contributed by atoms with van der Waals surface area (Å²) in [5.74, 6) is -1.46. The van der Waals surface area contributed by atoms with Crippen LogP contribution < -0.4 is 5.32 Å². The topological polar surface area (TPSA) is 79.3 Å². The number of rotatable bonds is 6. The van der Waals surface area contributed by atoms with Gasteiger partial charge in [-0.2, -0.15) is 0 Å². The first-order chi connectivity index (χ1) is 9.52. The molecule has 7 heteroatoms. The minimum atomic E-state index is -1.18. The molecule has 2 aromatic heterocycles. The van der Waals surface area contributed by atoms with Crippen LogP contribution in [0, 0.1) is 0 Å². The zero-order valence-electron chi connectivity index (χ0n) is 11.0. The molecule has 0 bridgehead atoms. The molecule has 1 unspecified atom stereocenters. The van der Waals surface area contributed by atoms with Crippen molar-refractivity contribution in [3.63, 3.8) is 0 Å². The van der Waals surface area contributed by atoms with Gasteiger partial charge in [-0.25, -0.2) is 9.78 Å². The summed E-state index contributed by atoms with van der Waals surface area (Å²) in [6, 6.07) is 4.06. The second kappa shape index (κ2) is 6.15. The highest BCUT2D eigenvalue weighted by atomic mass is 32.1. The molecule has 0 spiro atoms. The van der Waals surface area contributed by atoms with Crippen molar-refractivity contribution in [1.29, 1.82) is 0 Å². The zero-order chi connectivity index (χ0) is 14.7. The van der Waals surface area contributed by atoms with E-state index in [1.54, 1.807) is 11.3 Å². The van der Waals surface area contributed by atoms with Crippen molar-refractivity contribution in [3.05, 3.63) is 33.0 Å². The number of aromatic carboxylic acids is 1. The van der Waals surface area contributed by atoms with Crippen LogP contribution >= 0.6 is 22.7 Å². The highest BCUT2D eigenvalue weighted by Crippen LogP contribution is 2.30. The third-order valence-electron chi connectivity index (χ3n) is 2.74. The van der Waals surface area contributed by atoms with Gasteiger partial charge in [-0.15, -0.1) is 11.3 Å². The van der Waals surface area contributed by atoms with E-state index in [1.165, 1.54) is 6.92 Å². The number of ketones is 1. The SMILES string of the molecule is CCC(Nc1nc(C(=O)O)c(C(C)=O)s1)c1cccs1. The quantitative estimate of drug-likeness (QED) is 0.796. The normalized spacial score (nSPS) is 12.1. The lowest BCUT2D eigenvalue weighted by Gasteiger charge is -2.14. The number of nitrogens with one attached hydrogen (secondary N) is 1. The average molecular weight is 310 g/mol. The van der Waals surface area contributed by atoms with Gasteiger partial charge >= 0.3 is 5.97 Å². The number of carbonyl (C=O) groups excluding carboxylic acids is 1. The molecule has 2 rings (SSSR count). The molecule has 0 saturated carbocycles. The van der Waals surface area contributed by atoms with Crippen molar-refractivity contribution >= 4 is 39.6 Å². The Morgan fingerprint density at radius 3 is 2.70 bits per heavy atom. The second-order valence-electron chi connectivity index (χ2n) is 4.18. The van der Waals surface area contributed by atoms with Crippen molar-refractivity contribution in [2.45, 2.75) is 26.3 Å². The zero-order valence-corrected chi connectivity index (χ0v) is 12.7. The fraction of sp³-hybridized carbons (Fsp3) is 0.308. The first-order valence-electron chi connectivity index (χ1n) is 6.08. The molecule has 0 aromatic carbocycles. The van der Waals surface area contributed by atoms with Gasteiger partial charge in [0.25, 0.3) is 0 Å². The summed E-state index contributed by atoms with van der Waals surface area (Å²) in [4.78, 5) is 27.9. The van der Waals surface area contributed by atoms with E-state index >= 15 is 0 Å². The van der Waals surface area contributed by atoms with Crippen molar-refractivity contribution in [3.8, 4) is 0 Å². The molecule has 106 valence electrons. The van der Waals surface area contributed by atoms with E-state index in [4.69, 9.17) is 5.11 Å². The van der Waals surface area contributed by atoms with Crippen LogP contribution in [0.25, 0.3) is 0 Å². The minimum absolute atomic E-state index is 0.0719. The Morgan fingerprint density at radius 1 is 1.50 bits per heavy atom. The van der Waals surface area contributed by atoms with Crippen molar-refractivity contribution in [2.24, 2.45) is 0 Å². The standard InChI is InChI=1S/C13H14N2O3S2/c1-3-8(9-5-4-6-19-9)14-13-15-10(12(17)18)11(20-13)7(2)16/h4-6,8H,3H2,1-2H3,(H,14,15)(H,17,18). The number of Topliss-reactive ketones (excluding diaryl/α,β-unsaturated/α-hetero) is 1. The number of hydrogen-bond donors (Lipinski definition) is 2. The molecule has 1 atom stereocenters. The first kappa shape index (κ1) is 14.7. The molecule has 0 fully saturated rings. The fourth-order valence-corrected chi connectivity index (χ4v) is 3.54. The van der Waals surface area contributed by atoms with Crippen LogP contribution in [0.5, 0.6) is 0 Å². The minimum Gasteiger partial charge on any atom is -0.476 e. The molecule has 2 heterocycles. The van der Waals surface area contributed by atoms with E-state index in [-0.39, 0.29) is 22.4 Å². The summed E-state index contributed by atoms with van der Waals surface area (Å²) < 4.78 is 0. The predicted octanol–water partition coefficient (Wildman–Crippen LogP) is 3.67. The second-order valence-corrected chi connectivity index (χ2v) is 6.16. The van der Waals surface area contributed by atoms with Crippen molar-refractivity contribution in [1.82, 2.24) is 4.98 Å². The predicted molar refractivity (Wildman–Crippen MR) is 80.1 cm³/mol. The summed E-state index contributed by atoms with van der Waals surface area (Å²) in [6.07, 6.45) is 0.845. The lowest BCUT2D eigenvalue weighted by molar-refractivity contribution is 0.0687. The Kier molecular flexibility index (Phi) is 4.51. The van der Waals surface area contributed by atoms with Crippen LogP contribution in [0.4, 0.5) is 5.13 Å². The highest BCUT2D eigenvalue weighted by Gasteiger charge is 2.22. The van der Waals surface area contributed by atoms with E-state index in [1.807, 2.05) is 24.4 Å². The molecule has 2 aromatic rings.